The second kappa shape index (κ2) is 12.0. The molecule has 10 rings (SSSR count). The van der Waals surface area contributed by atoms with Gasteiger partial charge in [0.25, 0.3) is 0 Å². The number of nitrogens with zero attached hydrogens (tertiary/aromatic N) is 1. The fourth-order valence-electron chi connectivity index (χ4n) is 9.16. The van der Waals surface area contributed by atoms with Crippen molar-refractivity contribution in [3.63, 3.8) is 0 Å². The lowest BCUT2D eigenvalue weighted by Crippen LogP contribution is -2.17. The third-order valence-electron chi connectivity index (χ3n) is 12.2. The summed E-state index contributed by atoms with van der Waals surface area (Å²) in [7, 11) is 0. The van der Waals surface area contributed by atoms with Gasteiger partial charge in [0, 0.05) is 38.5 Å². The molecule has 0 fully saturated rings. The molecule has 0 saturated carbocycles. The van der Waals surface area contributed by atoms with Crippen LogP contribution < -0.4 is 4.90 Å². The van der Waals surface area contributed by atoms with Gasteiger partial charge in [0.05, 0.1) is 11.1 Å². The van der Waals surface area contributed by atoms with Crippen LogP contribution >= 0.6 is 0 Å². The number of benzene rings is 7. The van der Waals surface area contributed by atoms with E-state index in [0.29, 0.717) is 0 Å². The normalized spacial score (nSPS) is 13.9. The van der Waals surface area contributed by atoms with Gasteiger partial charge in [-0.3, -0.25) is 0 Å². The Balaban J connectivity index is 1.21. The van der Waals surface area contributed by atoms with Crippen molar-refractivity contribution in [2.45, 2.75) is 71.6 Å². The third-order valence-corrected chi connectivity index (χ3v) is 12.2. The second-order valence-corrected chi connectivity index (χ2v) is 18.2. The SMILES string of the molecule is CC(C)(C)c1cc(C(C)(C)C)c2c(c1)oc1cccc(N(c3ccc(-c4cccc5c4oc4ccccc45)cc3)c3ccc4c(c3)C(C)(C)c3ccccc3-4)c12. The Kier molecular flexibility index (Phi) is 7.36. The molecule has 0 amide bonds. The predicted molar refractivity (Wildman–Crippen MR) is 236 cm³/mol. The van der Waals surface area contributed by atoms with Crippen molar-refractivity contribution in [1.29, 1.82) is 0 Å². The molecule has 3 nitrogen and oxygen atoms in total. The molecule has 7 aromatic carbocycles. The number of hydrogen-bond acceptors (Lipinski definition) is 3. The molecule has 276 valence electrons. The fraction of sp³-hybridized carbons (Fsp3) is 0.208. The highest BCUT2D eigenvalue weighted by molar-refractivity contribution is 6.15. The van der Waals surface area contributed by atoms with Crippen LogP contribution in [0.25, 0.3) is 66.1 Å². The van der Waals surface area contributed by atoms with E-state index < -0.39 is 0 Å². The zero-order valence-electron chi connectivity index (χ0n) is 33.5. The van der Waals surface area contributed by atoms with Gasteiger partial charge < -0.3 is 13.7 Å². The van der Waals surface area contributed by atoms with Gasteiger partial charge in [0.1, 0.15) is 22.3 Å². The first-order chi connectivity index (χ1) is 26.8. The van der Waals surface area contributed by atoms with Gasteiger partial charge in [0.2, 0.25) is 0 Å². The molecule has 0 unspecified atom stereocenters. The Hall–Kier alpha value is -6.06. The molecule has 0 radical (unpaired) electrons. The lowest BCUT2D eigenvalue weighted by atomic mass is 9.78. The van der Waals surface area contributed by atoms with Gasteiger partial charge in [-0.15, -0.1) is 0 Å². The zero-order chi connectivity index (χ0) is 38.7. The Morgan fingerprint density at radius 3 is 1.93 bits per heavy atom. The molecule has 0 aliphatic heterocycles. The summed E-state index contributed by atoms with van der Waals surface area (Å²) < 4.78 is 13.3. The number of rotatable bonds is 4. The van der Waals surface area contributed by atoms with Gasteiger partial charge in [-0.2, -0.15) is 0 Å². The molecule has 1 aliphatic rings. The van der Waals surface area contributed by atoms with Gasteiger partial charge in [-0.05, 0) is 98.3 Å². The second-order valence-electron chi connectivity index (χ2n) is 18.2. The topological polar surface area (TPSA) is 29.5 Å². The maximum Gasteiger partial charge on any atom is 0.143 e. The summed E-state index contributed by atoms with van der Waals surface area (Å²) in [4.78, 5) is 2.44. The van der Waals surface area contributed by atoms with Crippen LogP contribution in [0.15, 0.2) is 148 Å². The monoisotopic (exact) mass is 729 g/mol. The largest absolute Gasteiger partial charge is 0.456 e. The molecule has 0 spiro atoms. The van der Waals surface area contributed by atoms with E-state index in [0.717, 1.165) is 66.7 Å². The minimum absolute atomic E-state index is 0.0225. The first-order valence-electron chi connectivity index (χ1n) is 19.8. The molecule has 0 bridgehead atoms. The Morgan fingerprint density at radius 1 is 0.482 bits per heavy atom. The summed E-state index contributed by atoms with van der Waals surface area (Å²) in [5.41, 5.74) is 16.8. The molecule has 0 atom stereocenters. The first-order valence-corrected chi connectivity index (χ1v) is 19.8. The number of anilines is 3. The van der Waals surface area contributed by atoms with E-state index in [9.17, 15) is 0 Å². The average molecular weight is 730 g/mol. The maximum atomic E-state index is 6.84. The number of para-hydroxylation sites is 2. The molecule has 0 saturated heterocycles. The summed E-state index contributed by atoms with van der Waals surface area (Å²) in [6, 6.07) is 50.8. The number of hydrogen-bond donors (Lipinski definition) is 0. The molecular formula is C53H47NO2. The van der Waals surface area contributed by atoms with Crippen LogP contribution in [-0.2, 0) is 16.2 Å². The fourth-order valence-corrected chi connectivity index (χ4v) is 9.16. The highest BCUT2D eigenvalue weighted by Gasteiger charge is 2.36. The van der Waals surface area contributed by atoms with Crippen molar-refractivity contribution in [2.24, 2.45) is 0 Å². The Labute approximate surface area is 329 Å². The Morgan fingerprint density at radius 2 is 1.14 bits per heavy atom. The average Bonchev–Trinajstić information content (AvgIpc) is 3.82. The first kappa shape index (κ1) is 34.4. The van der Waals surface area contributed by atoms with Crippen molar-refractivity contribution in [1.82, 2.24) is 0 Å². The van der Waals surface area contributed by atoms with E-state index in [1.165, 1.54) is 38.8 Å². The highest BCUT2D eigenvalue weighted by Crippen LogP contribution is 2.52. The quantitative estimate of drug-likeness (QED) is 0.181. The minimum Gasteiger partial charge on any atom is -0.456 e. The van der Waals surface area contributed by atoms with E-state index in [1.54, 1.807) is 0 Å². The van der Waals surface area contributed by atoms with Crippen molar-refractivity contribution in [3.05, 3.63) is 162 Å². The standard InChI is InChI=1S/C53H47NO2/c1-51(2,3)33-29-43(52(4,5)6)48-47(30-33)55-46-22-14-20-44(49(46)48)54(35-27-28-38-37-15-9-11-19-41(37)53(7,8)42(38)31-35)34-25-23-32(24-26-34)36-17-13-18-40-39-16-10-12-21-45(39)56-50(36)40/h9-31H,1-8H3. The van der Waals surface area contributed by atoms with Crippen molar-refractivity contribution >= 4 is 60.9 Å². The summed E-state index contributed by atoms with van der Waals surface area (Å²) >= 11 is 0. The van der Waals surface area contributed by atoms with Crippen molar-refractivity contribution in [2.75, 3.05) is 4.90 Å². The smallest absolute Gasteiger partial charge is 0.143 e. The highest BCUT2D eigenvalue weighted by atomic mass is 16.3. The van der Waals surface area contributed by atoms with E-state index in [2.05, 4.69) is 188 Å². The number of furan rings is 2. The summed E-state index contributed by atoms with van der Waals surface area (Å²) in [5.74, 6) is 0. The maximum absolute atomic E-state index is 6.84. The summed E-state index contributed by atoms with van der Waals surface area (Å²) in [6.45, 7) is 18.5. The molecule has 3 heteroatoms. The van der Waals surface area contributed by atoms with Crippen LogP contribution in [0.4, 0.5) is 17.1 Å². The van der Waals surface area contributed by atoms with Crippen LogP contribution in [0.3, 0.4) is 0 Å². The van der Waals surface area contributed by atoms with Crippen LogP contribution in [0.2, 0.25) is 0 Å². The van der Waals surface area contributed by atoms with Gasteiger partial charge in [-0.1, -0.05) is 146 Å². The van der Waals surface area contributed by atoms with Crippen LogP contribution in [0, 0.1) is 0 Å². The number of fused-ring (bicyclic) bond motifs is 9. The predicted octanol–water partition coefficient (Wildman–Crippen LogP) is 15.5. The summed E-state index contributed by atoms with van der Waals surface area (Å²) in [6.07, 6.45) is 0. The van der Waals surface area contributed by atoms with Gasteiger partial charge in [-0.25, -0.2) is 0 Å². The molecule has 56 heavy (non-hydrogen) atoms. The minimum atomic E-state index is -0.139. The van der Waals surface area contributed by atoms with E-state index in [-0.39, 0.29) is 16.2 Å². The third kappa shape index (κ3) is 5.17. The van der Waals surface area contributed by atoms with Gasteiger partial charge in [0.15, 0.2) is 0 Å². The van der Waals surface area contributed by atoms with Gasteiger partial charge >= 0.3 is 0 Å². The molecule has 2 heterocycles. The van der Waals surface area contributed by atoms with E-state index in [4.69, 9.17) is 8.83 Å². The zero-order valence-corrected chi connectivity index (χ0v) is 33.5. The van der Waals surface area contributed by atoms with Crippen LogP contribution in [0.1, 0.15) is 77.6 Å². The van der Waals surface area contributed by atoms with E-state index >= 15 is 0 Å². The molecule has 9 aromatic rings. The van der Waals surface area contributed by atoms with Crippen LogP contribution in [0.5, 0.6) is 0 Å². The molecule has 1 aliphatic carbocycles. The molecular weight excluding hydrogens is 683 g/mol. The lowest BCUT2D eigenvalue weighted by Gasteiger charge is -2.29. The van der Waals surface area contributed by atoms with Crippen molar-refractivity contribution < 1.29 is 8.83 Å². The molecule has 2 aromatic heterocycles. The van der Waals surface area contributed by atoms with Crippen LogP contribution in [-0.4, -0.2) is 0 Å². The van der Waals surface area contributed by atoms with Crippen molar-refractivity contribution in [3.8, 4) is 22.3 Å². The van der Waals surface area contributed by atoms with E-state index in [1.807, 2.05) is 12.1 Å². The molecule has 0 N–H and O–H groups in total. The lowest BCUT2D eigenvalue weighted by molar-refractivity contribution is 0.569. The summed E-state index contributed by atoms with van der Waals surface area (Å²) in [5, 5.41) is 4.59. The Bertz CT molecular complexity index is 3010.